The first-order chi connectivity index (χ1) is 8.76. The van der Waals surface area contributed by atoms with Crippen LogP contribution in [0.1, 0.15) is 36.8 Å². The van der Waals surface area contributed by atoms with Crippen LogP contribution in [0.3, 0.4) is 0 Å². The van der Waals surface area contributed by atoms with Gasteiger partial charge in [0.25, 0.3) is 0 Å². The lowest BCUT2D eigenvalue weighted by molar-refractivity contribution is -0.139. The van der Waals surface area contributed by atoms with Crippen molar-refractivity contribution in [3.8, 4) is 0 Å². The number of carbonyl (C=O) groups excluding carboxylic acids is 1. The summed E-state index contributed by atoms with van der Waals surface area (Å²) in [5.74, 6) is -0.179. The molecule has 0 amide bonds. The van der Waals surface area contributed by atoms with Gasteiger partial charge in [-0.15, -0.1) is 0 Å². The molecule has 0 bridgehead atoms. The second-order valence-corrected chi connectivity index (χ2v) is 5.50. The van der Waals surface area contributed by atoms with E-state index in [-0.39, 0.29) is 5.97 Å². The van der Waals surface area contributed by atoms with Crippen LogP contribution in [-0.4, -0.2) is 17.5 Å². The smallest absolute Gasteiger partial charge is 0.309 e. The predicted molar refractivity (Wildman–Crippen MR) is 83.2 cm³/mol. The summed E-state index contributed by atoms with van der Waals surface area (Å²) in [4.78, 5) is 11.1. The number of esters is 1. The molecule has 0 fully saturated rings. The molecule has 0 aliphatic heterocycles. The second-order valence-electron chi connectivity index (χ2n) is 4.42. The van der Waals surface area contributed by atoms with Crippen LogP contribution in [0.15, 0.2) is 24.3 Å². The molecular formula is C15H21IO2. The highest BCUT2D eigenvalue weighted by atomic mass is 127. The van der Waals surface area contributed by atoms with E-state index in [1.165, 1.54) is 42.8 Å². The highest BCUT2D eigenvalue weighted by molar-refractivity contribution is 14.1. The van der Waals surface area contributed by atoms with E-state index in [4.69, 9.17) is 0 Å². The summed E-state index contributed by atoms with van der Waals surface area (Å²) in [5, 5.41) is 0. The van der Waals surface area contributed by atoms with Crippen molar-refractivity contribution < 1.29 is 9.53 Å². The van der Waals surface area contributed by atoms with Gasteiger partial charge in [-0.05, 0) is 34.8 Å². The number of carbonyl (C=O) groups is 1. The molecule has 1 rings (SSSR count). The fourth-order valence-electron chi connectivity index (χ4n) is 1.84. The van der Waals surface area contributed by atoms with Gasteiger partial charge in [0.1, 0.15) is 0 Å². The first-order valence-corrected chi connectivity index (χ1v) is 7.99. The van der Waals surface area contributed by atoms with Gasteiger partial charge < -0.3 is 4.74 Å². The Morgan fingerprint density at radius 1 is 1.06 bits per heavy atom. The van der Waals surface area contributed by atoms with Crippen LogP contribution in [0.5, 0.6) is 0 Å². The summed E-state index contributed by atoms with van der Waals surface area (Å²) in [5.41, 5.74) is 2.38. The Kier molecular flexibility index (Phi) is 8.05. The minimum absolute atomic E-state index is 0.179. The van der Waals surface area contributed by atoms with Crippen molar-refractivity contribution in [2.45, 2.75) is 38.5 Å². The molecule has 2 nitrogen and oxygen atoms in total. The van der Waals surface area contributed by atoms with Crippen molar-refractivity contribution in [3.63, 3.8) is 0 Å². The summed E-state index contributed by atoms with van der Waals surface area (Å²) >= 11 is 2.43. The van der Waals surface area contributed by atoms with Crippen LogP contribution < -0.4 is 0 Å². The zero-order valence-corrected chi connectivity index (χ0v) is 13.1. The lowest BCUT2D eigenvalue weighted by Crippen LogP contribution is -2.04. The minimum atomic E-state index is -0.179. The average molecular weight is 360 g/mol. The Balaban J connectivity index is 2.29. The normalized spacial score (nSPS) is 10.3. The molecule has 0 aromatic heterocycles. The van der Waals surface area contributed by atoms with Crippen LogP contribution in [0, 0.1) is 0 Å². The third-order valence-corrected chi connectivity index (χ3v) is 3.71. The number of rotatable bonds is 8. The monoisotopic (exact) mass is 360 g/mol. The second kappa shape index (κ2) is 9.36. The Morgan fingerprint density at radius 2 is 1.67 bits per heavy atom. The number of unbranched alkanes of at least 4 members (excludes halogenated alkanes) is 3. The fourth-order valence-corrected chi connectivity index (χ4v) is 2.38. The summed E-state index contributed by atoms with van der Waals surface area (Å²) < 4.78 is 5.91. The largest absolute Gasteiger partial charge is 0.469 e. The highest BCUT2D eigenvalue weighted by Crippen LogP contribution is 2.11. The maximum Gasteiger partial charge on any atom is 0.309 e. The molecule has 0 aliphatic carbocycles. The Morgan fingerprint density at radius 3 is 2.28 bits per heavy atom. The molecule has 3 heteroatoms. The first kappa shape index (κ1) is 15.5. The summed E-state index contributed by atoms with van der Waals surface area (Å²) in [6.07, 6.45) is 6.74. The van der Waals surface area contributed by atoms with E-state index in [9.17, 15) is 4.79 Å². The molecule has 0 spiro atoms. The lowest BCUT2D eigenvalue weighted by Gasteiger charge is -2.04. The van der Waals surface area contributed by atoms with E-state index in [2.05, 4.69) is 39.5 Å². The molecule has 1 aromatic carbocycles. The molecule has 100 valence electrons. The van der Waals surface area contributed by atoms with E-state index in [0.29, 0.717) is 6.42 Å². The average Bonchev–Trinajstić information content (AvgIpc) is 2.40. The number of benzene rings is 1. The summed E-state index contributed by atoms with van der Waals surface area (Å²) in [7, 11) is 1.42. The van der Waals surface area contributed by atoms with E-state index in [1.54, 1.807) is 0 Å². The van der Waals surface area contributed by atoms with Gasteiger partial charge >= 0.3 is 5.97 Å². The molecule has 0 saturated carbocycles. The van der Waals surface area contributed by atoms with E-state index in [1.807, 2.05) is 12.1 Å². The van der Waals surface area contributed by atoms with E-state index < -0.39 is 0 Å². The van der Waals surface area contributed by atoms with Crippen LogP contribution >= 0.6 is 22.6 Å². The van der Waals surface area contributed by atoms with Crippen LogP contribution in [0.25, 0.3) is 0 Å². The third-order valence-electron chi connectivity index (χ3n) is 2.95. The molecule has 0 aliphatic rings. The lowest BCUT2D eigenvalue weighted by atomic mass is 10.0. The van der Waals surface area contributed by atoms with Crippen molar-refractivity contribution >= 4 is 28.6 Å². The van der Waals surface area contributed by atoms with Crippen molar-refractivity contribution in [2.24, 2.45) is 0 Å². The Labute approximate surface area is 123 Å². The van der Waals surface area contributed by atoms with Gasteiger partial charge in [0.15, 0.2) is 0 Å². The van der Waals surface area contributed by atoms with Gasteiger partial charge in [-0.25, -0.2) is 0 Å². The van der Waals surface area contributed by atoms with E-state index in [0.717, 1.165) is 12.0 Å². The molecular weight excluding hydrogens is 339 g/mol. The maximum atomic E-state index is 11.1. The highest BCUT2D eigenvalue weighted by Gasteiger charge is 2.02. The first-order valence-electron chi connectivity index (χ1n) is 6.47. The van der Waals surface area contributed by atoms with E-state index >= 15 is 0 Å². The zero-order valence-electron chi connectivity index (χ0n) is 11.0. The molecule has 0 radical (unpaired) electrons. The van der Waals surface area contributed by atoms with Gasteiger partial charge in [0.2, 0.25) is 0 Å². The minimum Gasteiger partial charge on any atom is -0.469 e. The Bertz CT molecular complexity index is 346. The number of hydrogen-bond donors (Lipinski definition) is 0. The topological polar surface area (TPSA) is 26.3 Å². The quantitative estimate of drug-likeness (QED) is 0.304. The number of alkyl halides is 1. The SMILES string of the molecule is COC(=O)Cc1ccc(CCCCCCI)cc1. The molecule has 0 atom stereocenters. The molecule has 18 heavy (non-hydrogen) atoms. The van der Waals surface area contributed by atoms with Crippen molar-refractivity contribution in [3.05, 3.63) is 35.4 Å². The standard InChI is InChI=1S/C15H21IO2/c1-18-15(17)12-14-9-7-13(8-10-14)6-4-2-3-5-11-16/h7-10H,2-6,11-12H2,1H3. The van der Waals surface area contributed by atoms with Crippen LogP contribution in [0.2, 0.25) is 0 Å². The fraction of sp³-hybridized carbons (Fsp3) is 0.533. The van der Waals surface area contributed by atoms with Gasteiger partial charge in [0.05, 0.1) is 13.5 Å². The van der Waals surface area contributed by atoms with Crippen LogP contribution in [0.4, 0.5) is 0 Å². The molecule has 1 aromatic rings. The molecule has 0 N–H and O–H groups in total. The van der Waals surface area contributed by atoms with Crippen molar-refractivity contribution in [1.82, 2.24) is 0 Å². The van der Waals surface area contributed by atoms with Gasteiger partial charge in [-0.1, -0.05) is 59.7 Å². The van der Waals surface area contributed by atoms with Crippen molar-refractivity contribution in [2.75, 3.05) is 11.5 Å². The van der Waals surface area contributed by atoms with Crippen molar-refractivity contribution in [1.29, 1.82) is 0 Å². The van der Waals surface area contributed by atoms with Gasteiger partial charge in [-0.3, -0.25) is 4.79 Å². The Hall–Kier alpha value is -0.580. The number of aryl methyl sites for hydroxylation is 1. The van der Waals surface area contributed by atoms with Gasteiger partial charge in [-0.2, -0.15) is 0 Å². The zero-order chi connectivity index (χ0) is 13.2. The molecule has 0 saturated heterocycles. The number of halogens is 1. The molecule has 0 heterocycles. The van der Waals surface area contributed by atoms with Gasteiger partial charge in [0, 0.05) is 0 Å². The number of methoxy groups -OCH3 is 1. The summed E-state index contributed by atoms with van der Waals surface area (Å²) in [6.45, 7) is 0. The maximum absolute atomic E-state index is 11.1. The summed E-state index contributed by atoms with van der Waals surface area (Å²) in [6, 6.07) is 8.29. The number of hydrogen-bond acceptors (Lipinski definition) is 2. The molecule has 0 unspecified atom stereocenters. The van der Waals surface area contributed by atoms with Crippen LogP contribution in [-0.2, 0) is 22.4 Å². The predicted octanol–water partition coefficient (Wildman–Crippen LogP) is 3.94. The third kappa shape index (κ3) is 6.38. The number of ether oxygens (including phenoxy) is 1.